The fourth-order valence-electron chi connectivity index (χ4n) is 4.21. The highest BCUT2D eigenvalue weighted by Gasteiger charge is 2.25. The van der Waals surface area contributed by atoms with Crippen LogP contribution in [-0.4, -0.2) is 42.6 Å². The number of hydrogen-bond acceptors (Lipinski definition) is 5. The summed E-state index contributed by atoms with van der Waals surface area (Å²) in [4.78, 5) is 27.2. The van der Waals surface area contributed by atoms with Gasteiger partial charge in [0.1, 0.15) is 0 Å². The first kappa shape index (κ1) is 22.4. The zero-order valence-electron chi connectivity index (χ0n) is 18.2. The summed E-state index contributed by atoms with van der Waals surface area (Å²) < 4.78 is 10.9. The summed E-state index contributed by atoms with van der Waals surface area (Å²) in [5, 5.41) is 6.13. The number of hydrogen-bond donors (Lipinski definition) is 2. The van der Waals surface area contributed by atoms with Gasteiger partial charge in [-0.3, -0.25) is 14.5 Å². The largest absolute Gasteiger partial charge is 0.454 e. The van der Waals surface area contributed by atoms with Gasteiger partial charge in [-0.2, -0.15) is 0 Å². The number of ether oxygens (including phenoxy) is 2. The third-order valence-corrected chi connectivity index (χ3v) is 6.41. The van der Waals surface area contributed by atoms with E-state index in [1.165, 1.54) is 12.8 Å². The fourth-order valence-corrected chi connectivity index (χ4v) is 4.39. The Morgan fingerprint density at radius 2 is 1.88 bits per heavy atom. The number of carbonyl (C=O) groups is 2. The Morgan fingerprint density at radius 1 is 1.09 bits per heavy atom. The van der Waals surface area contributed by atoms with Gasteiger partial charge < -0.3 is 20.1 Å². The first-order valence-corrected chi connectivity index (χ1v) is 11.3. The zero-order chi connectivity index (χ0) is 22.5. The van der Waals surface area contributed by atoms with Crippen molar-refractivity contribution in [1.29, 1.82) is 0 Å². The smallest absolute Gasteiger partial charge is 0.243 e. The van der Waals surface area contributed by atoms with Gasteiger partial charge in [0.05, 0.1) is 13.1 Å². The third-order valence-electron chi connectivity index (χ3n) is 6.00. The number of anilines is 1. The summed E-state index contributed by atoms with van der Waals surface area (Å²) in [5.41, 5.74) is 2.51. The zero-order valence-corrected chi connectivity index (χ0v) is 18.9. The second kappa shape index (κ2) is 10.2. The number of amides is 2. The van der Waals surface area contributed by atoms with Gasteiger partial charge in [-0.25, -0.2) is 0 Å². The molecule has 32 heavy (non-hydrogen) atoms. The number of benzene rings is 2. The molecule has 8 heteroatoms. The quantitative estimate of drug-likeness (QED) is 0.629. The van der Waals surface area contributed by atoms with Crippen LogP contribution in [0.4, 0.5) is 5.69 Å². The summed E-state index contributed by atoms with van der Waals surface area (Å²) in [5.74, 6) is 1.04. The topological polar surface area (TPSA) is 79.9 Å². The second-order valence-corrected chi connectivity index (χ2v) is 8.68. The molecule has 0 bridgehead atoms. The Hall–Kier alpha value is -2.77. The van der Waals surface area contributed by atoms with Gasteiger partial charge >= 0.3 is 0 Å². The minimum absolute atomic E-state index is 0.0900. The number of halogens is 1. The van der Waals surface area contributed by atoms with Crippen molar-refractivity contribution in [3.63, 3.8) is 0 Å². The molecule has 7 nitrogen and oxygen atoms in total. The first-order chi connectivity index (χ1) is 15.5. The van der Waals surface area contributed by atoms with Crippen LogP contribution >= 0.6 is 11.6 Å². The normalized spacial score (nSPS) is 15.2. The summed E-state index contributed by atoms with van der Waals surface area (Å²) in [6.07, 6.45) is 4.50. The lowest BCUT2D eigenvalue weighted by Crippen LogP contribution is -2.43. The van der Waals surface area contributed by atoms with E-state index in [4.69, 9.17) is 21.1 Å². The second-order valence-electron chi connectivity index (χ2n) is 8.27. The molecule has 2 aromatic carbocycles. The molecule has 0 unspecified atom stereocenters. The van der Waals surface area contributed by atoms with E-state index in [0.717, 1.165) is 35.5 Å². The van der Waals surface area contributed by atoms with Gasteiger partial charge in [0.25, 0.3) is 0 Å². The van der Waals surface area contributed by atoms with E-state index >= 15 is 0 Å². The van der Waals surface area contributed by atoms with E-state index < -0.39 is 0 Å². The SMILES string of the molecule is Cc1c(Cl)cccc1NC(=O)CNC(=O)CN(Cc1ccc2c(c1)OCO2)C1CCCC1. The number of nitrogens with one attached hydrogen (secondary N) is 2. The third kappa shape index (κ3) is 5.53. The molecule has 2 aromatic rings. The number of carbonyl (C=O) groups excluding carboxylic acids is 2. The van der Waals surface area contributed by atoms with Crippen LogP contribution in [0.3, 0.4) is 0 Å². The first-order valence-electron chi connectivity index (χ1n) is 10.9. The fraction of sp³-hybridized carbons (Fsp3) is 0.417. The molecule has 0 saturated heterocycles. The number of fused-ring (bicyclic) bond motifs is 1. The van der Waals surface area contributed by atoms with Gasteiger partial charge in [0, 0.05) is 23.3 Å². The molecule has 2 N–H and O–H groups in total. The van der Waals surface area contributed by atoms with Gasteiger partial charge in [-0.1, -0.05) is 36.6 Å². The van der Waals surface area contributed by atoms with Gasteiger partial charge in [0.2, 0.25) is 18.6 Å². The molecule has 1 aliphatic heterocycles. The molecule has 0 radical (unpaired) electrons. The molecule has 170 valence electrons. The van der Waals surface area contributed by atoms with E-state index in [9.17, 15) is 9.59 Å². The molecule has 1 heterocycles. The van der Waals surface area contributed by atoms with Gasteiger partial charge in [0.15, 0.2) is 11.5 Å². The average molecular weight is 458 g/mol. The summed E-state index contributed by atoms with van der Waals surface area (Å²) in [7, 11) is 0. The van der Waals surface area contributed by atoms with Crippen LogP contribution < -0.4 is 20.1 Å². The summed E-state index contributed by atoms with van der Waals surface area (Å²) in [6.45, 7) is 2.87. The van der Waals surface area contributed by atoms with Crippen LogP contribution in [0, 0.1) is 6.92 Å². The standard InChI is InChI=1S/C24H28ClN3O4/c1-16-19(25)7-4-8-20(16)27-23(29)12-26-24(30)14-28(18-5-2-3-6-18)13-17-9-10-21-22(11-17)32-15-31-21/h4,7-11,18H,2-3,5-6,12-15H2,1H3,(H,26,30)(H,27,29). The predicted octanol–water partition coefficient (Wildman–Crippen LogP) is 3.88. The van der Waals surface area contributed by atoms with Crippen molar-refractivity contribution in [3.8, 4) is 11.5 Å². The number of nitrogens with zero attached hydrogens (tertiary/aromatic N) is 1. The maximum Gasteiger partial charge on any atom is 0.243 e. The van der Waals surface area contributed by atoms with Crippen LogP contribution in [0.5, 0.6) is 11.5 Å². The van der Waals surface area contributed by atoms with Crippen LogP contribution in [0.25, 0.3) is 0 Å². The molecular formula is C24H28ClN3O4. The molecule has 2 amide bonds. The Labute approximate surface area is 193 Å². The van der Waals surface area contributed by atoms with Crippen LogP contribution in [0.15, 0.2) is 36.4 Å². The Balaban J connectivity index is 1.33. The van der Waals surface area contributed by atoms with Crippen molar-refractivity contribution in [2.75, 3.05) is 25.2 Å². The minimum Gasteiger partial charge on any atom is -0.454 e. The van der Waals surface area contributed by atoms with Gasteiger partial charge in [-0.15, -0.1) is 0 Å². The van der Waals surface area contributed by atoms with Gasteiger partial charge in [-0.05, 0) is 55.2 Å². The van der Waals surface area contributed by atoms with Crippen molar-refractivity contribution in [2.24, 2.45) is 0 Å². The van der Waals surface area contributed by atoms with E-state index in [1.54, 1.807) is 18.2 Å². The molecular weight excluding hydrogens is 430 g/mol. The molecule has 1 saturated carbocycles. The Kier molecular flexibility index (Phi) is 7.17. The maximum absolute atomic E-state index is 12.7. The van der Waals surface area contributed by atoms with Crippen LogP contribution in [-0.2, 0) is 16.1 Å². The summed E-state index contributed by atoms with van der Waals surface area (Å²) in [6, 6.07) is 11.6. The monoisotopic (exact) mass is 457 g/mol. The molecule has 2 aliphatic rings. The molecule has 4 rings (SSSR count). The lowest BCUT2D eigenvalue weighted by molar-refractivity contribution is -0.125. The lowest BCUT2D eigenvalue weighted by atomic mass is 10.1. The van der Waals surface area contributed by atoms with E-state index in [-0.39, 0.29) is 31.7 Å². The van der Waals surface area contributed by atoms with E-state index in [0.29, 0.717) is 23.3 Å². The maximum atomic E-state index is 12.7. The molecule has 1 fully saturated rings. The lowest BCUT2D eigenvalue weighted by Gasteiger charge is -2.28. The average Bonchev–Trinajstić information content (AvgIpc) is 3.47. The van der Waals surface area contributed by atoms with Crippen LogP contribution in [0.2, 0.25) is 5.02 Å². The van der Waals surface area contributed by atoms with Crippen LogP contribution in [0.1, 0.15) is 36.8 Å². The highest BCUT2D eigenvalue weighted by molar-refractivity contribution is 6.31. The van der Waals surface area contributed by atoms with E-state index in [1.807, 2.05) is 25.1 Å². The summed E-state index contributed by atoms with van der Waals surface area (Å²) >= 11 is 6.10. The van der Waals surface area contributed by atoms with Crippen molar-refractivity contribution >= 4 is 29.1 Å². The Morgan fingerprint density at radius 3 is 2.69 bits per heavy atom. The molecule has 0 spiro atoms. The molecule has 1 aliphatic carbocycles. The highest BCUT2D eigenvalue weighted by Crippen LogP contribution is 2.33. The van der Waals surface area contributed by atoms with Crippen molar-refractivity contribution in [2.45, 2.75) is 45.2 Å². The van der Waals surface area contributed by atoms with Crippen molar-refractivity contribution in [1.82, 2.24) is 10.2 Å². The number of rotatable bonds is 8. The highest BCUT2D eigenvalue weighted by atomic mass is 35.5. The van der Waals surface area contributed by atoms with Crippen molar-refractivity contribution in [3.05, 3.63) is 52.5 Å². The molecule has 0 atom stereocenters. The van der Waals surface area contributed by atoms with E-state index in [2.05, 4.69) is 15.5 Å². The Bertz CT molecular complexity index is 991. The van der Waals surface area contributed by atoms with Crippen molar-refractivity contribution < 1.29 is 19.1 Å². The minimum atomic E-state index is -0.285. The predicted molar refractivity (Wildman–Crippen MR) is 123 cm³/mol. The molecule has 0 aromatic heterocycles.